The number of carboxylic acid groups (broad SMARTS) is 1. The lowest BCUT2D eigenvalue weighted by atomic mass is 10.3. The smallest absolute Gasteiger partial charge is 0.328 e. The minimum Gasteiger partial charge on any atom is -0.478 e. The fraction of sp³-hybridized carbons (Fsp3) is 0. The molecule has 0 bridgehead atoms. The molecule has 0 unspecified atom stereocenters. The van der Waals surface area contributed by atoms with Gasteiger partial charge in [0.15, 0.2) is 0 Å². The van der Waals surface area contributed by atoms with Crippen molar-refractivity contribution in [1.29, 1.82) is 0 Å². The number of non-ortho nitro benzene ring substituents is 1. The van der Waals surface area contributed by atoms with Gasteiger partial charge in [-0.25, -0.2) is 4.79 Å². The molecule has 0 radical (unpaired) electrons. The van der Waals surface area contributed by atoms with Crippen LogP contribution in [0.3, 0.4) is 0 Å². The third kappa shape index (κ3) is 3.98. The number of hydrogen-bond donors (Lipinski definition) is 2. The van der Waals surface area contributed by atoms with Crippen molar-refractivity contribution in [3.05, 3.63) is 44.9 Å². The van der Waals surface area contributed by atoms with Crippen molar-refractivity contribution in [2.24, 2.45) is 0 Å². The molecule has 0 aliphatic heterocycles. The number of nitrogens with one attached hydrogen (secondary N) is 1. The molecule has 1 amide bonds. The van der Waals surface area contributed by atoms with Crippen LogP contribution in [0, 0.1) is 10.1 Å². The van der Waals surface area contributed by atoms with Gasteiger partial charge in [-0.2, -0.15) is 0 Å². The number of nitrogens with zero attached hydrogens (tertiary/aromatic N) is 1. The summed E-state index contributed by atoms with van der Waals surface area (Å²) in [5.74, 6) is -1.89. The molecule has 1 aromatic rings. The number of carboxylic acids is 1. The van der Waals surface area contributed by atoms with Gasteiger partial charge in [-0.15, -0.1) is 0 Å². The number of benzene rings is 1. The van der Waals surface area contributed by atoms with Gasteiger partial charge in [0.2, 0.25) is 5.91 Å². The molecule has 18 heavy (non-hydrogen) atoms. The lowest BCUT2D eigenvalue weighted by Gasteiger charge is -2.04. The van der Waals surface area contributed by atoms with E-state index in [2.05, 4.69) is 21.2 Å². The van der Waals surface area contributed by atoms with Gasteiger partial charge in [0.25, 0.3) is 5.69 Å². The molecule has 1 rings (SSSR count). The van der Waals surface area contributed by atoms with Crippen LogP contribution in [0.4, 0.5) is 11.4 Å². The minimum absolute atomic E-state index is 0.124. The van der Waals surface area contributed by atoms with Crippen molar-refractivity contribution in [1.82, 2.24) is 0 Å². The first kappa shape index (κ1) is 13.8. The van der Waals surface area contributed by atoms with Crippen LogP contribution in [0.25, 0.3) is 0 Å². The van der Waals surface area contributed by atoms with E-state index < -0.39 is 16.8 Å². The van der Waals surface area contributed by atoms with Gasteiger partial charge in [-0.1, -0.05) is 0 Å². The molecule has 7 nitrogen and oxygen atoms in total. The van der Waals surface area contributed by atoms with E-state index >= 15 is 0 Å². The van der Waals surface area contributed by atoms with Crippen molar-refractivity contribution in [3.63, 3.8) is 0 Å². The highest BCUT2D eigenvalue weighted by Gasteiger charge is 2.10. The van der Waals surface area contributed by atoms with Crippen LogP contribution in [0.1, 0.15) is 0 Å². The zero-order valence-corrected chi connectivity index (χ0v) is 10.4. The predicted octanol–water partition coefficient (Wildman–Crippen LogP) is 1.94. The van der Waals surface area contributed by atoms with Gasteiger partial charge in [0, 0.05) is 28.8 Å². The van der Waals surface area contributed by atoms with E-state index in [1.807, 2.05) is 0 Å². The summed E-state index contributed by atoms with van der Waals surface area (Å²) in [6.45, 7) is 0. The first-order valence-electron chi connectivity index (χ1n) is 4.56. The normalized spacial score (nSPS) is 10.3. The Morgan fingerprint density at radius 1 is 1.39 bits per heavy atom. The van der Waals surface area contributed by atoms with Crippen molar-refractivity contribution in [2.75, 3.05) is 5.32 Å². The third-order valence-corrected chi connectivity index (χ3v) is 2.45. The Morgan fingerprint density at radius 3 is 2.56 bits per heavy atom. The molecule has 0 atom stereocenters. The molecule has 2 N–H and O–H groups in total. The Bertz CT molecular complexity index is 541. The average molecular weight is 315 g/mol. The van der Waals surface area contributed by atoms with Crippen LogP contribution < -0.4 is 5.32 Å². The van der Waals surface area contributed by atoms with Gasteiger partial charge in [0.05, 0.1) is 10.6 Å². The highest BCUT2D eigenvalue weighted by Crippen LogP contribution is 2.26. The SMILES string of the molecule is O=C(O)/C=C/C(=O)Nc1ccc([N+](=O)[O-])cc1Br. The Morgan fingerprint density at radius 2 is 2.06 bits per heavy atom. The molecule has 0 aliphatic rings. The average Bonchev–Trinajstić information content (AvgIpc) is 2.29. The largest absolute Gasteiger partial charge is 0.478 e. The Kier molecular flexibility index (Phi) is 4.55. The maximum atomic E-state index is 11.3. The zero-order chi connectivity index (χ0) is 13.7. The van der Waals surface area contributed by atoms with E-state index in [4.69, 9.17) is 5.11 Å². The van der Waals surface area contributed by atoms with Crippen molar-refractivity contribution in [2.45, 2.75) is 0 Å². The molecule has 8 heteroatoms. The number of hydrogen-bond acceptors (Lipinski definition) is 4. The Labute approximate surface area is 109 Å². The monoisotopic (exact) mass is 314 g/mol. The van der Waals surface area contributed by atoms with Gasteiger partial charge < -0.3 is 10.4 Å². The van der Waals surface area contributed by atoms with Gasteiger partial charge in [-0.05, 0) is 22.0 Å². The van der Waals surface area contributed by atoms with Crippen LogP contribution in [0.15, 0.2) is 34.8 Å². The number of rotatable bonds is 4. The molecule has 0 saturated carbocycles. The minimum atomic E-state index is -1.24. The fourth-order valence-electron chi connectivity index (χ4n) is 1.04. The van der Waals surface area contributed by atoms with E-state index in [0.717, 1.165) is 6.08 Å². The second kappa shape index (κ2) is 5.92. The highest BCUT2D eigenvalue weighted by atomic mass is 79.9. The number of anilines is 1. The predicted molar refractivity (Wildman–Crippen MR) is 66.2 cm³/mol. The number of nitro benzene ring substituents is 1. The van der Waals surface area contributed by atoms with Crippen molar-refractivity contribution in [3.8, 4) is 0 Å². The second-order valence-corrected chi connectivity index (χ2v) is 3.94. The van der Waals surface area contributed by atoms with E-state index in [0.29, 0.717) is 16.2 Å². The van der Waals surface area contributed by atoms with Gasteiger partial charge in [-0.3, -0.25) is 14.9 Å². The van der Waals surface area contributed by atoms with Crippen LogP contribution in [-0.4, -0.2) is 21.9 Å². The number of halogens is 1. The molecule has 0 saturated heterocycles. The Balaban J connectivity index is 2.83. The summed E-state index contributed by atoms with van der Waals surface area (Å²) in [5, 5.41) is 21.2. The molecular formula is C10H7BrN2O5. The van der Waals surface area contributed by atoms with E-state index in [1.54, 1.807) is 0 Å². The van der Waals surface area contributed by atoms with Gasteiger partial charge >= 0.3 is 5.97 Å². The van der Waals surface area contributed by atoms with E-state index in [-0.39, 0.29) is 5.69 Å². The first-order valence-corrected chi connectivity index (χ1v) is 5.35. The molecule has 0 aliphatic carbocycles. The number of amides is 1. The van der Waals surface area contributed by atoms with Crippen LogP contribution in [-0.2, 0) is 9.59 Å². The third-order valence-electron chi connectivity index (χ3n) is 1.80. The number of carbonyl (C=O) groups excluding carboxylic acids is 1. The lowest BCUT2D eigenvalue weighted by Crippen LogP contribution is -2.09. The van der Waals surface area contributed by atoms with Crippen molar-refractivity contribution >= 4 is 39.2 Å². The van der Waals surface area contributed by atoms with Gasteiger partial charge in [0.1, 0.15) is 0 Å². The van der Waals surface area contributed by atoms with E-state index in [1.165, 1.54) is 18.2 Å². The zero-order valence-electron chi connectivity index (χ0n) is 8.79. The number of aliphatic carboxylic acids is 1. The van der Waals surface area contributed by atoms with Crippen LogP contribution in [0.5, 0.6) is 0 Å². The molecular weight excluding hydrogens is 308 g/mol. The lowest BCUT2D eigenvalue weighted by molar-refractivity contribution is -0.384. The second-order valence-electron chi connectivity index (χ2n) is 3.08. The molecule has 0 aromatic heterocycles. The molecule has 1 aromatic carbocycles. The molecule has 0 spiro atoms. The highest BCUT2D eigenvalue weighted by molar-refractivity contribution is 9.10. The maximum Gasteiger partial charge on any atom is 0.328 e. The van der Waals surface area contributed by atoms with E-state index in [9.17, 15) is 19.7 Å². The summed E-state index contributed by atoms with van der Waals surface area (Å²) >= 11 is 3.06. The van der Waals surface area contributed by atoms with Crippen LogP contribution >= 0.6 is 15.9 Å². The fourth-order valence-corrected chi connectivity index (χ4v) is 1.51. The first-order chi connectivity index (χ1) is 8.40. The number of carbonyl (C=O) groups is 2. The summed E-state index contributed by atoms with van der Waals surface area (Å²) in [5.41, 5.74) is 0.182. The van der Waals surface area contributed by atoms with Crippen LogP contribution in [0.2, 0.25) is 0 Å². The number of nitro groups is 1. The molecule has 94 valence electrons. The summed E-state index contributed by atoms with van der Waals surface area (Å²) < 4.78 is 0.328. The Hall–Kier alpha value is -2.22. The summed E-state index contributed by atoms with van der Waals surface area (Å²) in [7, 11) is 0. The molecule has 0 heterocycles. The summed E-state index contributed by atoms with van der Waals surface area (Å²) in [6.07, 6.45) is 1.53. The topological polar surface area (TPSA) is 110 Å². The standard InChI is InChI=1S/C10H7BrN2O5/c11-7-5-6(13(17)18)1-2-8(7)12-9(14)3-4-10(15)16/h1-5H,(H,12,14)(H,15,16)/b4-3+. The summed E-state index contributed by atoms with van der Waals surface area (Å²) in [4.78, 5) is 31.4. The molecule has 0 fully saturated rings. The summed E-state index contributed by atoms with van der Waals surface area (Å²) in [6, 6.07) is 3.80. The quantitative estimate of drug-likeness (QED) is 0.501. The van der Waals surface area contributed by atoms with Crippen molar-refractivity contribution < 1.29 is 19.6 Å². The maximum absolute atomic E-state index is 11.3.